The van der Waals surface area contributed by atoms with Crippen molar-refractivity contribution in [3.05, 3.63) is 0 Å². The van der Waals surface area contributed by atoms with Crippen molar-refractivity contribution >= 4 is 36.6 Å². The number of nitrogens with zero attached hydrogens (tertiary/aromatic N) is 1. The van der Waals surface area contributed by atoms with Crippen LogP contribution in [0.4, 0.5) is 0 Å². The van der Waals surface area contributed by atoms with Gasteiger partial charge in [0, 0.05) is 45.2 Å². The van der Waals surface area contributed by atoms with Crippen molar-refractivity contribution in [2.45, 2.75) is 31.7 Å². The van der Waals surface area contributed by atoms with Gasteiger partial charge < -0.3 is 21.3 Å². The molecule has 2 rings (SSSR count). The van der Waals surface area contributed by atoms with Gasteiger partial charge >= 0.3 is 0 Å². The molecule has 1 atom stereocenters. The van der Waals surface area contributed by atoms with Crippen molar-refractivity contribution in [3.63, 3.8) is 0 Å². The Labute approximate surface area is 138 Å². The molecular weight excluding hydrogens is 315 g/mol. The van der Waals surface area contributed by atoms with Crippen LogP contribution in [-0.2, 0) is 9.59 Å². The summed E-state index contributed by atoms with van der Waals surface area (Å²) in [4.78, 5) is 25.7. The molecule has 21 heavy (non-hydrogen) atoms. The Hall–Kier alpha value is -0.560. The molecule has 2 amide bonds. The summed E-state index contributed by atoms with van der Waals surface area (Å²) < 4.78 is 0. The van der Waals surface area contributed by atoms with E-state index in [0.717, 1.165) is 38.9 Å². The fraction of sp³-hybridized carbons (Fsp3) is 0.846. The molecule has 2 aliphatic rings. The van der Waals surface area contributed by atoms with Crippen LogP contribution in [0.3, 0.4) is 0 Å². The molecule has 2 fully saturated rings. The normalized spacial score (nSPS) is 21.6. The van der Waals surface area contributed by atoms with Crippen molar-refractivity contribution < 1.29 is 9.59 Å². The highest BCUT2D eigenvalue weighted by Gasteiger charge is 2.34. The Bertz CT molecular complexity index is 340. The summed E-state index contributed by atoms with van der Waals surface area (Å²) in [7, 11) is 0. The van der Waals surface area contributed by atoms with E-state index in [4.69, 9.17) is 5.73 Å². The third-order valence-electron chi connectivity index (χ3n) is 3.95. The van der Waals surface area contributed by atoms with Crippen molar-refractivity contribution in [1.29, 1.82) is 0 Å². The Kier molecular flexibility index (Phi) is 9.94. The maximum Gasteiger partial charge on any atom is 0.228 e. The topological polar surface area (TPSA) is 87.5 Å². The van der Waals surface area contributed by atoms with Crippen LogP contribution in [0.2, 0.25) is 0 Å². The molecule has 0 spiro atoms. The molecule has 6 nitrogen and oxygen atoms in total. The first-order valence-corrected chi connectivity index (χ1v) is 7.20. The predicted molar refractivity (Wildman–Crippen MR) is 86.9 cm³/mol. The van der Waals surface area contributed by atoms with Gasteiger partial charge in [-0.2, -0.15) is 0 Å². The lowest BCUT2D eigenvalue weighted by molar-refractivity contribution is -0.141. The van der Waals surface area contributed by atoms with Crippen LogP contribution in [0.1, 0.15) is 25.7 Å². The molecular formula is C13H26Cl2N4O2. The minimum atomic E-state index is -0.0224. The first-order chi connectivity index (χ1) is 9.22. The number of amides is 2. The highest BCUT2D eigenvalue weighted by molar-refractivity contribution is 5.85. The number of nitrogens with two attached hydrogens (primary N) is 1. The van der Waals surface area contributed by atoms with Gasteiger partial charge in [0.25, 0.3) is 0 Å². The van der Waals surface area contributed by atoms with Gasteiger partial charge in [-0.25, -0.2) is 0 Å². The molecule has 0 aromatic rings. The van der Waals surface area contributed by atoms with Gasteiger partial charge in [0.1, 0.15) is 0 Å². The van der Waals surface area contributed by atoms with Crippen LogP contribution >= 0.6 is 24.8 Å². The molecule has 0 aliphatic carbocycles. The predicted octanol–water partition coefficient (Wildman–Crippen LogP) is -0.104. The SMILES string of the molecule is Cl.Cl.NCCC(=O)NCC1CCCCN1C(=O)C1CNC1. The van der Waals surface area contributed by atoms with Gasteiger partial charge in [-0.05, 0) is 19.3 Å². The van der Waals surface area contributed by atoms with Crippen LogP contribution < -0.4 is 16.4 Å². The lowest BCUT2D eigenvalue weighted by Crippen LogP contribution is -2.57. The third-order valence-corrected chi connectivity index (χ3v) is 3.95. The molecule has 2 aliphatic heterocycles. The number of halogens is 2. The lowest BCUT2D eigenvalue weighted by atomic mass is 9.96. The molecule has 1 unspecified atom stereocenters. The molecule has 0 radical (unpaired) electrons. The zero-order valence-electron chi connectivity index (χ0n) is 12.2. The van der Waals surface area contributed by atoms with E-state index in [2.05, 4.69) is 10.6 Å². The second kappa shape index (κ2) is 10.2. The summed E-state index contributed by atoms with van der Waals surface area (Å²) in [5.74, 6) is 0.364. The highest BCUT2D eigenvalue weighted by atomic mass is 35.5. The number of rotatable bonds is 5. The van der Waals surface area contributed by atoms with Gasteiger partial charge in [-0.15, -0.1) is 24.8 Å². The fourth-order valence-corrected chi connectivity index (χ4v) is 2.65. The number of likely N-dealkylation sites (tertiary alicyclic amines) is 1. The Morgan fingerprint density at radius 1 is 1.24 bits per heavy atom. The van der Waals surface area contributed by atoms with Crippen molar-refractivity contribution in [2.24, 2.45) is 11.7 Å². The first kappa shape index (κ1) is 20.4. The maximum absolute atomic E-state index is 12.3. The molecule has 0 aromatic heterocycles. The summed E-state index contributed by atoms with van der Waals surface area (Å²) in [5, 5.41) is 6.02. The van der Waals surface area contributed by atoms with Crippen molar-refractivity contribution in [1.82, 2.24) is 15.5 Å². The molecule has 8 heteroatoms. The van der Waals surface area contributed by atoms with E-state index in [1.807, 2.05) is 4.90 Å². The minimum Gasteiger partial charge on any atom is -0.354 e. The standard InChI is InChI=1S/C13H24N4O2.2ClH/c14-5-4-12(18)16-9-11-3-1-2-6-17(11)13(19)10-7-15-8-10;;/h10-11,15H,1-9,14H2,(H,16,18);2*1H. The smallest absolute Gasteiger partial charge is 0.228 e. The lowest BCUT2D eigenvalue weighted by Gasteiger charge is -2.40. The van der Waals surface area contributed by atoms with Gasteiger partial charge in [0.2, 0.25) is 11.8 Å². The molecule has 124 valence electrons. The molecule has 0 bridgehead atoms. The minimum absolute atomic E-state index is 0. The van der Waals surface area contributed by atoms with Crippen LogP contribution in [0.5, 0.6) is 0 Å². The maximum atomic E-state index is 12.3. The monoisotopic (exact) mass is 340 g/mol. The average Bonchev–Trinajstić information content (AvgIpc) is 2.35. The van der Waals surface area contributed by atoms with Crippen molar-refractivity contribution in [3.8, 4) is 0 Å². The van der Waals surface area contributed by atoms with Crippen LogP contribution in [0.25, 0.3) is 0 Å². The summed E-state index contributed by atoms with van der Waals surface area (Å²) in [6.07, 6.45) is 3.53. The summed E-state index contributed by atoms with van der Waals surface area (Å²) in [6.45, 7) is 3.34. The van der Waals surface area contributed by atoms with Crippen LogP contribution in [-0.4, -0.2) is 55.5 Å². The van der Waals surface area contributed by atoms with E-state index in [1.54, 1.807) is 0 Å². The summed E-state index contributed by atoms with van der Waals surface area (Å²) in [6, 6.07) is 0.156. The Morgan fingerprint density at radius 2 is 1.95 bits per heavy atom. The zero-order chi connectivity index (χ0) is 13.7. The van der Waals surface area contributed by atoms with Gasteiger partial charge in [0.05, 0.1) is 5.92 Å². The third kappa shape index (κ3) is 5.62. The number of carbonyl (C=O) groups excluding carboxylic acids is 2. The van der Waals surface area contributed by atoms with E-state index in [-0.39, 0.29) is 48.6 Å². The largest absolute Gasteiger partial charge is 0.354 e. The van der Waals surface area contributed by atoms with E-state index < -0.39 is 0 Å². The second-order valence-electron chi connectivity index (χ2n) is 5.38. The van der Waals surface area contributed by atoms with E-state index in [0.29, 0.717) is 19.5 Å². The summed E-state index contributed by atoms with van der Waals surface area (Å²) in [5.41, 5.74) is 5.35. The number of nitrogens with one attached hydrogen (secondary N) is 2. The van der Waals surface area contributed by atoms with Crippen LogP contribution in [0, 0.1) is 5.92 Å². The van der Waals surface area contributed by atoms with Gasteiger partial charge in [-0.1, -0.05) is 0 Å². The molecule has 2 heterocycles. The number of piperidine rings is 1. The quantitative estimate of drug-likeness (QED) is 0.652. The molecule has 4 N–H and O–H groups in total. The molecule has 2 saturated heterocycles. The fourth-order valence-electron chi connectivity index (χ4n) is 2.65. The number of hydrogen-bond donors (Lipinski definition) is 3. The van der Waals surface area contributed by atoms with E-state index in [9.17, 15) is 9.59 Å². The van der Waals surface area contributed by atoms with E-state index >= 15 is 0 Å². The Morgan fingerprint density at radius 3 is 2.52 bits per heavy atom. The second-order valence-corrected chi connectivity index (χ2v) is 5.38. The molecule has 0 saturated carbocycles. The Balaban J connectivity index is 0.00000200. The number of carbonyl (C=O) groups is 2. The molecule has 0 aromatic carbocycles. The highest BCUT2D eigenvalue weighted by Crippen LogP contribution is 2.20. The zero-order valence-corrected chi connectivity index (χ0v) is 13.8. The summed E-state index contributed by atoms with van der Waals surface area (Å²) >= 11 is 0. The first-order valence-electron chi connectivity index (χ1n) is 7.20. The number of hydrogen-bond acceptors (Lipinski definition) is 4. The van der Waals surface area contributed by atoms with Crippen LogP contribution in [0.15, 0.2) is 0 Å². The van der Waals surface area contributed by atoms with Crippen molar-refractivity contribution in [2.75, 3.05) is 32.7 Å². The average molecular weight is 341 g/mol. The van der Waals surface area contributed by atoms with E-state index in [1.165, 1.54) is 0 Å². The van der Waals surface area contributed by atoms with Gasteiger partial charge in [0.15, 0.2) is 0 Å². The van der Waals surface area contributed by atoms with Gasteiger partial charge in [-0.3, -0.25) is 9.59 Å².